The minimum absolute atomic E-state index is 0.00432. The van der Waals surface area contributed by atoms with Crippen molar-refractivity contribution < 1.29 is 4.79 Å². The van der Waals surface area contributed by atoms with Gasteiger partial charge in [-0.05, 0) is 31.9 Å². The Morgan fingerprint density at radius 3 is 2.67 bits per heavy atom. The summed E-state index contributed by atoms with van der Waals surface area (Å²) in [4.78, 5) is 11.7. The molecule has 0 spiro atoms. The first-order chi connectivity index (χ1) is 8.56. The van der Waals surface area contributed by atoms with Gasteiger partial charge in [-0.1, -0.05) is 30.3 Å². The van der Waals surface area contributed by atoms with Crippen molar-refractivity contribution in [2.75, 3.05) is 6.54 Å². The summed E-state index contributed by atoms with van der Waals surface area (Å²) in [6, 6.07) is 8.13. The van der Waals surface area contributed by atoms with Crippen LogP contribution >= 0.6 is 0 Å². The second-order valence-electron chi connectivity index (χ2n) is 4.50. The predicted octanol–water partition coefficient (Wildman–Crippen LogP) is 2.34. The zero-order valence-electron chi connectivity index (χ0n) is 11.4. The Kier molecular flexibility index (Phi) is 5.59. The van der Waals surface area contributed by atoms with E-state index in [1.807, 2.05) is 19.1 Å². The Bertz CT molecular complexity index is 415. The van der Waals surface area contributed by atoms with Crippen molar-refractivity contribution in [2.45, 2.75) is 32.9 Å². The van der Waals surface area contributed by atoms with Crippen LogP contribution in [-0.2, 0) is 4.79 Å². The SMILES string of the molecule is C=CCNC(=O)C(C)N[C@@H](C)c1ccccc1C. The molecule has 0 saturated heterocycles. The number of carbonyl (C=O) groups excluding carboxylic acids is 1. The lowest BCUT2D eigenvalue weighted by Crippen LogP contribution is -2.43. The highest BCUT2D eigenvalue weighted by Gasteiger charge is 2.16. The molecule has 1 aromatic rings. The van der Waals surface area contributed by atoms with Crippen molar-refractivity contribution in [3.63, 3.8) is 0 Å². The lowest BCUT2D eigenvalue weighted by atomic mass is 10.0. The average molecular weight is 246 g/mol. The number of amides is 1. The van der Waals surface area contributed by atoms with Gasteiger partial charge in [-0.2, -0.15) is 0 Å². The van der Waals surface area contributed by atoms with Crippen LogP contribution in [0.5, 0.6) is 0 Å². The van der Waals surface area contributed by atoms with Gasteiger partial charge in [0.1, 0.15) is 0 Å². The maximum Gasteiger partial charge on any atom is 0.237 e. The van der Waals surface area contributed by atoms with Gasteiger partial charge in [0.25, 0.3) is 0 Å². The van der Waals surface area contributed by atoms with E-state index in [1.165, 1.54) is 11.1 Å². The molecule has 3 heteroatoms. The van der Waals surface area contributed by atoms with Crippen LogP contribution in [0.4, 0.5) is 0 Å². The van der Waals surface area contributed by atoms with E-state index in [2.05, 4.69) is 43.2 Å². The summed E-state index contributed by atoms with van der Waals surface area (Å²) >= 11 is 0. The number of hydrogen-bond acceptors (Lipinski definition) is 2. The molecule has 0 radical (unpaired) electrons. The molecule has 18 heavy (non-hydrogen) atoms. The Balaban J connectivity index is 2.59. The third-order valence-corrected chi connectivity index (χ3v) is 2.97. The maximum absolute atomic E-state index is 11.7. The first kappa shape index (κ1) is 14.5. The van der Waals surface area contributed by atoms with Crippen LogP contribution in [0.15, 0.2) is 36.9 Å². The number of hydrogen-bond donors (Lipinski definition) is 2. The van der Waals surface area contributed by atoms with Crippen molar-refractivity contribution in [1.82, 2.24) is 10.6 Å². The lowest BCUT2D eigenvalue weighted by Gasteiger charge is -2.21. The molecule has 3 nitrogen and oxygen atoms in total. The highest BCUT2D eigenvalue weighted by atomic mass is 16.2. The van der Waals surface area contributed by atoms with Gasteiger partial charge in [-0.3, -0.25) is 10.1 Å². The number of nitrogens with one attached hydrogen (secondary N) is 2. The summed E-state index contributed by atoms with van der Waals surface area (Å²) in [7, 11) is 0. The van der Waals surface area contributed by atoms with Gasteiger partial charge in [0.15, 0.2) is 0 Å². The van der Waals surface area contributed by atoms with Crippen LogP contribution < -0.4 is 10.6 Å². The van der Waals surface area contributed by atoms with E-state index in [1.54, 1.807) is 6.08 Å². The van der Waals surface area contributed by atoms with E-state index in [4.69, 9.17) is 0 Å². The van der Waals surface area contributed by atoms with E-state index in [0.717, 1.165) is 0 Å². The van der Waals surface area contributed by atoms with Crippen LogP contribution in [-0.4, -0.2) is 18.5 Å². The predicted molar refractivity (Wildman–Crippen MR) is 75.4 cm³/mol. The Morgan fingerprint density at radius 2 is 2.06 bits per heavy atom. The molecule has 1 unspecified atom stereocenters. The summed E-state index contributed by atoms with van der Waals surface area (Å²) in [6.07, 6.45) is 1.68. The Hall–Kier alpha value is -1.61. The second-order valence-corrected chi connectivity index (χ2v) is 4.50. The largest absolute Gasteiger partial charge is 0.351 e. The van der Waals surface area contributed by atoms with Crippen LogP contribution in [0, 0.1) is 6.92 Å². The molecular formula is C15H22N2O. The van der Waals surface area contributed by atoms with E-state index < -0.39 is 0 Å². The van der Waals surface area contributed by atoms with Crippen LogP contribution in [0.1, 0.15) is 31.0 Å². The molecule has 0 heterocycles. The molecule has 0 saturated carbocycles. The molecule has 0 aliphatic heterocycles. The third-order valence-electron chi connectivity index (χ3n) is 2.97. The maximum atomic E-state index is 11.7. The minimum atomic E-state index is -0.223. The summed E-state index contributed by atoms with van der Waals surface area (Å²) < 4.78 is 0. The van der Waals surface area contributed by atoms with Gasteiger partial charge >= 0.3 is 0 Å². The molecule has 1 amide bonds. The Labute approximate surface area is 109 Å². The number of carbonyl (C=O) groups is 1. The topological polar surface area (TPSA) is 41.1 Å². The monoisotopic (exact) mass is 246 g/mol. The zero-order valence-corrected chi connectivity index (χ0v) is 11.4. The van der Waals surface area contributed by atoms with Crippen molar-refractivity contribution in [3.8, 4) is 0 Å². The molecule has 1 rings (SSSR count). The quantitative estimate of drug-likeness (QED) is 0.756. The normalized spacial score (nSPS) is 13.7. The molecule has 2 N–H and O–H groups in total. The molecule has 0 aliphatic rings. The number of benzene rings is 1. The summed E-state index contributed by atoms with van der Waals surface area (Å²) in [6.45, 7) is 10.1. The molecule has 98 valence electrons. The summed E-state index contributed by atoms with van der Waals surface area (Å²) in [5.74, 6) is -0.00432. The molecule has 0 fully saturated rings. The molecule has 1 aromatic carbocycles. The fourth-order valence-corrected chi connectivity index (χ4v) is 1.94. The highest BCUT2D eigenvalue weighted by molar-refractivity contribution is 5.81. The summed E-state index contributed by atoms with van der Waals surface area (Å²) in [5, 5.41) is 6.08. The van der Waals surface area contributed by atoms with Crippen molar-refractivity contribution in [3.05, 3.63) is 48.0 Å². The molecule has 0 aromatic heterocycles. The van der Waals surface area contributed by atoms with Gasteiger partial charge in [-0.15, -0.1) is 6.58 Å². The highest BCUT2D eigenvalue weighted by Crippen LogP contribution is 2.17. The van der Waals surface area contributed by atoms with E-state index in [-0.39, 0.29) is 18.0 Å². The van der Waals surface area contributed by atoms with Gasteiger partial charge in [-0.25, -0.2) is 0 Å². The third kappa shape index (κ3) is 4.00. The molecule has 0 aliphatic carbocycles. The van der Waals surface area contributed by atoms with Gasteiger partial charge in [0.05, 0.1) is 6.04 Å². The van der Waals surface area contributed by atoms with E-state index in [9.17, 15) is 4.79 Å². The van der Waals surface area contributed by atoms with Gasteiger partial charge in [0, 0.05) is 12.6 Å². The first-order valence-corrected chi connectivity index (χ1v) is 6.26. The van der Waals surface area contributed by atoms with Crippen molar-refractivity contribution in [1.29, 1.82) is 0 Å². The Morgan fingerprint density at radius 1 is 1.39 bits per heavy atom. The lowest BCUT2D eigenvalue weighted by molar-refractivity contribution is -0.122. The van der Waals surface area contributed by atoms with Crippen LogP contribution in [0.25, 0.3) is 0 Å². The summed E-state index contributed by atoms with van der Waals surface area (Å²) in [5.41, 5.74) is 2.46. The van der Waals surface area contributed by atoms with Crippen LogP contribution in [0.3, 0.4) is 0 Å². The smallest absolute Gasteiger partial charge is 0.237 e. The van der Waals surface area contributed by atoms with Crippen molar-refractivity contribution >= 4 is 5.91 Å². The first-order valence-electron chi connectivity index (χ1n) is 6.26. The van der Waals surface area contributed by atoms with E-state index >= 15 is 0 Å². The van der Waals surface area contributed by atoms with Crippen LogP contribution in [0.2, 0.25) is 0 Å². The van der Waals surface area contributed by atoms with Gasteiger partial charge < -0.3 is 5.32 Å². The molecule has 2 atom stereocenters. The van der Waals surface area contributed by atoms with Crippen molar-refractivity contribution in [2.24, 2.45) is 0 Å². The average Bonchev–Trinajstić information content (AvgIpc) is 2.36. The second kappa shape index (κ2) is 6.97. The van der Waals surface area contributed by atoms with E-state index in [0.29, 0.717) is 6.54 Å². The zero-order chi connectivity index (χ0) is 13.5. The fourth-order valence-electron chi connectivity index (χ4n) is 1.94. The minimum Gasteiger partial charge on any atom is -0.351 e. The molecular weight excluding hydrogens is 224 g/mol. The molecule has 0 bridgehead atoms. The number of aryl methyl sites for hydroxylation is 1. The van der Waals surface area contributed by atoms with Gasteiger partial charge in [0.2, 0.25) is 5.91 Å². The number of rotatable bonds is 6. The standard InChI is InChI=1S/C15H22N2O/c1-5-10-16-15(18)13(4)17-12(3)14-9-7-6-8-11(14)2/h5-9,12-13,17H,1,10H2,2-4H3,(H,16,18)/t12-,13?/m0/s1. The fraction of sp³-hybridized carbons (Fsp3) is 0.400.